The van der Waals surface area contributed by atoms with Crippen LogP contribution in [0, 0.1) is 6.92 Å². The molecule has 2 N–H and O–H groups in total. The van der Waals surface area contributed by atoms with E-state index in [0.29, 0.717) is 24.4 Å². The molecule has 0 radical (unpaired) electrons. The molecule has 128 valence electrons. The number of hydrogen-bond acceptors (Lipinski definition) is 3. The Balaban J connectivity index is 2.07. The van der Waals surface area contributed by atoms with Gasteiger partial charge in [0, 0.05) is 13.6 Å². The zero-order valence-electron chi connectivity index (χ0n) is 14.3. The van der Waals surface area contributed by atoms with Gasteiger partial charge in [0.25, 0.3) is 0 Å². The minimum absolute atomic E-state index is 0.240. The number of hydrogen-bond donors (Lipinski definition) is 2. The van der Waals surface area contributed by atoms with Gasteiger partial charge in [-0.25, -0.2) is 4.79 Å². The molecule has 2 aromatic carbocycles. The number of nitrogens with one attached hydrogen (secondary N) is 1. The summed E-state index contributed by atoms with van der Waals surface area (Å²) in [5, 5.41) is 12.2. The van der Waals surface area contributed by atoms with Gasteiger partial charge in [-0.05, 0) is 50.1 Å². The number of amides is 2. The largest absolute Gasteiger partial charge is 0.455 e. The van der Waals surface area contributed by atoms with E-state index in [1.54, 1.807) is 20.0 Å². The maximum absolute atomic E-state index is 12.3. The van der Waals surface area contributed by atoms with Crippen molar-refractivity contribution in [2.24, 2.45) is 0 Å². The minimum Gasteiger partial charge on any atom is -0.455 e. The Hall–Kier alpha value is -2.53. The third kappa shape index (κ3) is 5.28. The van der Waals surface area contributed by atoms with Gasteiger partial charge in [0.15, 0.2) is 5.75 Å². The highest BCUT2D eigenvalue weighted by Crippen LogP contribution is 2.29. The molecule has 0 bridgehead atoms. The summed E-state index contributed by atoms with van der Waals surface area (Å²) >= 11 is 0. The molecule has 0 aliphatic carbocycles. The van der Waals surface area contributed by atoms with Gasteiger partial charge in [-0.3, -0.25) is 0 Å². The highest BCUT2D eigenvalue weighted by molar-refractivity contribution is 5.90. The smallest absolute Gasteiger partial charge is 0.321 e. The number of aliphatic hydroxyl groups is 1. The monoisotopic (exact) mass is 328 g/mol. The molecular formula is C19H24N2O3. The summed E-state index contributed by atoms with van der Waals surface area (Å²) in [6.07, 6.45) is 0.0999. The number of aliphatic hydroxyl groups excluding tert-OH is 1. The highest BCUT2D eigenvalue weighted by Gasteiger charge is 2.13. The summed E-state index contributed by atoms with van der Waals surface area (Å²) in [5.74, 6) is 1.31. The molecule has 0 aliphatic heterocycles. The van der Waals surface area contributed by atoms with E-state index in [2.05, 4.69) is 5.32 Å². The van der Waals surface area contributed by atoms with E-state index in [1.165, 1.54) is 4.90 Å². The van der Waals surface area contributed by atoms with Crippen LogP contribution in [0.25, 0.3) is 0 Å². The fourth-order valence-electron chi connectivity index (χ4n) is 2.16. The fourth-order valence-corrected chi connectivity index (χ4v) is 2.16. The van der Waals surface area contributed by atoms with Crippen molar-refractivity contribution in [2.45, 2.75) is 26.4 Å². The van der Waals surface area contributed by atoms with Gasteiger partial charge in [0.05, 0.1) is 11.8 Å². The molecule has 0 aromatic heterocycles. The summed E-state index contributed by atoms with van der Waals surface area (Å²) in [7, 11) is 1.70. The first-order valence-corrected chi connectivity index (χ1v) is 7.99. The van der Waals surface area contributed by atoms with Crippen LogP contribution in [0.4, 0.5) is 10.5 Å². The number of rotatable bonds is 6. The van der Waals surface area contributed by atoms with E-state index in [0.717, 1.165) is 11.3 Å². The molecule has 0 aliphatic rings. The summed E-state index contributed by atoms with van der Waals surface area (Å²) in [4.78, 5) is 13.8. The van der Waals surface area contributed by atoms with Crippen LogP contribution >= 0.6 is 0 Å². The Kier molecular flexibility index (Phi) is 6.21. The molecule has 24 heavy (non-hydrogen) atoms. The van der Waals surface area contributed by atoms with Crippen molar-refractivity contribution in [2.75, 3.05) is 18.9 Å². The van der Waals surface area contributed by atoms with E-state index < -0.39 is 6.10 Å². The standard InChI is InChI=1S/C19H24N2O3/c1-14-7-6-8-16(13-14)24-18-10-5-4-9-17(18)20-19(23)21(3)12-11-15(2)22/h4-10,13,15,22H,11-12H2,1-3H3,(H,20,23). The van der Waals surface area contributed by atoms with Crippen molar-refractivity contribution in [1.29, 1.82) is 0 Å². The fraction of sp³-hybridized carbons (Fsp3) is 0.316. The van der Waals surface area contributed by atoms with Crippen molar-refractivity contribution < 1.29 is 14.6 Å². The number of urea groups is 1. The van der Waals surface area contributed by atoms with Crippen LogP contribution in [-0.4, -0.2) is 35.7 Å². The first-order chi connectivity index (χ1) is 11.5. The van der Waals surface area contributed by atoms with E-state index in [-0.39, 0.29) is 6.03 Å². The van der Waals surface area contributed by atoms with Gasteiger partial charge in [-0.2, -0.15) is 0 Å². The van der Waals surface area contributed by atoms with E-state index in [9.17, 15) is 9.90 Å². The van der Waals surface area contributed by atoms with E-state index >= 15 is 0 Å². The number of carbonyl (C=O) groups is 1. The number of benzene rings is 2. The van der Waals surface area contributed by atoms with Crippen LogP contribution in [0.15, 0.2) is 48.5 Å². The van der Waals surface area contributed by atoms with Gasteiger partial charge in [0.2, 0.25) is 0 Å². The molecule has 0 fully saturated rings. The third-order valence-corrected chi connectivity index (χ3v) is 3.57. The molecule has 5 nitrogen and oxygen atoms in total. The summed E-state index contributed by atoms with van der Waals surface area (Å²) < 4.78 is 5.90. The van der Waals surface area contributed by atoms with Crippen molar-refractivity contribution in [3.63, 3.8) is 0 Å². The SMILES string of the molecule is Cc1cccc(Oc2ccccc2NC(=O)N(C)CCC(C)O)c1. The second kappa shape index (κ2) is 8.36. The molecule has 2 rings (SSSR count). The zero-order valence-corrected chi connectivity index (χ0v) is 14.3. The predicted molar refractivity (Wildman–Crippen MR) is 95.6 cm³/mol. The molecule has 0 saturated carbocycles. The quantitative estimate of drug-likeness (QED) is 0.842. The van der Waals surface area contributed by atoms with E-state index in [1.807, 2.05) is 49.4 Å². The maximum atomic E-state index is 12.3. The summed E-state index contributed by atoms with van der Waals surface area (Å²) in [6, 6.07) is 14.8. The van der Waals surface area contributed by atoms with Crippen LogP contribution in [-0.2, 0) is 0 Å². The second-order valence-electron chi connectivity index (χ2n) is 5.90. The lowest BCUT2D eigenvalue weighted by Crippen LogP contribution is -2.33. The Bertz CT molecular complexity index is 686. The second-order valence-corrected chi connectivity index (χ2v) is 5.90. The first-order valence-electron chi connectivity index (χ1n) is 7.99. The average Bonchev–Trinajstić information content (AvgIpc) is 2.54. The molecule has 0 heterocycles. The highest BCUT2D eigenvalue weighted by atomic mass is 16.5. The minimum atomic E-state index is -0.433. The van der Waals surface area contributed by atoms with Crippen LogP contribution < -0.4 is 10.1 Å². The number of para-hydroxylation sites is 2. The Morgan fingerprint density at radius 1 is 1.25 bits per heavy atom. The van der Waals surface area contributed by atoms with E-state index in [4.69, 9.17) is 4.74 Å². The lowest BCUT2D eigenvalue weighted by atomic mass is 10.2. The van der Waals surface area contributed by atoms with Crippen LogP contribution in [0.1, 0.15) is 18.9 Å². The lowest BCUT2D eigenvalue weighted by molar-refractivity contribution is 0.167. The molecule has 0 saturated heterocycles. The predicted octanol–water partition coefficient (Wildman–Crippen LogP) is 4.02. The molecule has 5 heteroatoms. The van der Waals surface area contributed by atoms with Crippen molar-refractivity contribution in [3.05, 3.63) is 54.1 Å². The first kappa shape index (κ1) is 17.8. The Labute approximate surface area is 142 Å². The average molecular weight is 328 g/mol. The zero-order chi connectivity index (χ0) is 17.5. The number of ether oxygens (including phenoxy) is 1. The molecule has 2 aromatic rings. The van der Waals surface area contributed by atoms with Crippen molar-refractivity contribution >= 4 is 11.7 Å². The van der Waals surface area contributed by atoms with Gasteiger partial charge in [-0.1, -0.05) is 24.3 Å². The number of nitrogens with zero attached hydrogens (tertiary/aromatic N) is 1. The summed E-state index contributed by atoms with van der Waals surface area (Å²) in [6.45, 7) is 4.18. The normalized spacial score (nSPS) is 11.7. The van der Waals surface area contributed by atoms with Crippen molar-refractivity contribution in [1.82, 2.24) is 4.90 Å². The maximum Gasteiger partial charge on any atom is 0.321 e. The van der Waals surface area contributed by atoms with Gasteiger partial charge >= 0.3 is 6.03 Å². The Morgan fingerprint density at radius 3 is 2.71 bits per heavy atom. The summed E-state index contributed by atoms with van der Waals surface area (Å²) in [5.41, 5.74) is 1.71. The Morgan fingerprint density at radius 2 is 2.00 bits per heavy atom. The van der Waals surface area contributed by atoms with Gasteiger partial charge < -0.3 is 20.1 Å². The van der Waals surface area contributed by atoms with Gasteiger partial charge in [-0.15, -0.1) is 0 Å². The molecule has 0 spiro atoms. The number of anilines is 1. The lowest BCUT2D eigenvalue weighted by Gasteiger charge is -2.20. The molecule has 2 amide bonds. The molecule has 1 atom stereocenters. The van der Waals surface area contributed by atoms with Crippen LogP contribution in [0.5, 0.6) is 11.5 Å². The molecular weight excluding hydrogens is 304 g/mol. The van der Waals surface area contributed by atoms with Gasteiger partial charge in [0.1, 0.15) is 5.75 Å². The molecule has 1 unspecified atom stereocenters. The number of aryl methyl sites for hydroxylation is 1. The van der Waals surface area contributed by atoms with Crippen LogP contribution in [0.3, 0.4) is 0 Å². The topological polar surface area (TPSA) is 61.8 Å². The van der Waals surface area contributed by atoms with Crippen molar-refractivity contribution in [3.8, 4) is 11.5 Å². The third-order valence-electron chi connectivity index (χ3n) is 3.57. The number of carbonyl (C=O) groups excluding carboxylic acids is 1. The van der Waals surface area contributed by atoms with Crippen LogP contribution in [0.2, 0.25) is 0 Å².